The highest BCUT2D eigenvalue weighted by molar-refractivity contribution is 7.86. The van der Waals surface area contributed by atoms with E-state index in [1.807, 2.05) is 0 Å². The highest BCUT2D eigenvalue weighted by Gasteiger charge is 2.34. The predicted octanol–water partition coefficient (Wildman–Crippen LogP) is 1.62. The summed E-state index contributed by atoms with van der Waals surface area (Å²) in [5.74, 6) is -3.73. The van der Waals surface area contributed by atoms with Gasteiger partial charge in [-0.25, -0.2) is 8.78 Å². The zero-order chi connectivity index (χ0) is 14.2. The van der Waals surface area contributed by atoms with Crippen LogP contribution in [0.15, 0.2) is 18.2 Å². The number of carbonyl (C=O) groups excluding carboxylic acids is 1. The molecule has 1 fully saturated rings. The van der Waals surface area contributed by atoms with Gasteiger partial charge >= 0.3 is 10.2 Å². The van der Waals surface area contributed by atoms with E-state index in [0.717, 1.165) is 17.0 Å². The minimum Gasteiger partial charge on any atom is -0.309 e. The second-order valence-electron chi connectivity index (χ2n) is 4.38. The first-order valence-electron chi connectivity index (χ1n) is 5.44. The SMILES string of the molecule is O=C1CC(CS(=O)(=O)F)CN1c1ccc(F)cc1F. The second kappa shape index (κ2) is 4.84. The lowest BCUT2D eigenvalue weighted by molar-refractivity contribution is -0.117. The number of carbonyl (C=O) groups is 1. The average molecular weight is 293 g/mol. The topological polar surface area (TPSA) is 54.5 Å². The Hall–Kier alpha value is -1.57. The van der Waals surface area contributed by atoms with Crippen LogP contribution in [0.5, 0.6) is 0 Å². The van der Waals surface area contributed by atoms with Gasteiger partial charge in [-0.15, -0.1) is 3.89 Å². The molecule has 0 radical (unpaired) electrons. The summed E-state index contributed by atoms with van der Waals surface area (Å²) in [4.78, 5) is 12.7. The molecule has 1 amide bonds. The normalized spacial score (nSPS) is 20.1. The third kappa shape index (κ3) is 3.25. The zero-order valence-electron chi connectivity index (χ0n) is 9.64. The second-order valence-corrected chi connectivity index (χ2v) is 5.79. The molecule has 1 atom stereocenters. The van der Waals surface area contributed by atoms with E-state index in [1.54, 1.807) is 0 Å². The molecular formula is C11H10F3NO3S. The van der Waals surface area contributed by atoms with E-state index in [1.165, 1.54) is 0 Å². The van der Waals surface area contributed by atoms with Crippen molar-refractivity contribution < 1.29 is 25.9 Å². The Kier molecular flexibility index (Phi) is 3.53. The van der Waals surface area contributed by atoms with Crippen molar-refractivity contribution in [2.75, 3.05) is 17.2 Å². The molecule has 0 N–H and O–H groups in total. The number of halogens is 3. The van der Waals surface area contributed by atoms with E-state index in [4.69, 9.17) is 0 Å². The number of benzene rings is 1. The van der Waals surface area contributed by atoms with Crippen molar-refractivity contribution in [1.29, 1.82) is 0 Å². The summed E-state index contributed by atoms with van der Waals surface area (Å²) in [6.45, 7) is -0.107. The van der Waals surface area contributed by atoms with Crippen molar-refractivity contribution in [3.05, 3.63) is 29.8 Å². The van der Waals surface area contributed by atoms with Gasteiger partial charge in [0.05, 0.1) is 11.4 Å². The maximum atomic E-state index is 13.5. The standard InChI is InChI=1S/C11H10F3NO3S/c12-8-1-2-10(9(13)4-8)15-5-7(3-11(15)16)6-19(14,17)18/h1-2,4,7H,3,5-6H2. The predicted molar refractivity (Wildman–Crippen MR) is 61.7 cm³/mol. The minimum atomic E-state index is -4.69. The molecule has 1 aliphatic heterocycles. The van der Waals surface area contributed by atoms with Gasteiger partial charge in [0.15, 0.2) is 0 Å². The van der Waals surface area contributed by atoms with E-state index in [0.29, 0.717) is 6.07 Å². The van der Waals surface area contributed by atoms with Gasteiger partial charge in [0, 0.05) is 24.9 Å². The van der Waals surface area contributed by atoms with Crippen molar-refractivity contribution in [3.8, 4) is 0 Å². The molecule has 1 saturated heterocycles. The molecule has 0 spiro atoms. The Morgan fingerprint density at radius 2 is 2.00 bits per heavy atom. The first-order chi connectivity index (χ1) is 8.76. The van der Waals surface area contributed by atoms with Crippen LogP contribution in [-0.2, 0) is 15.0 Å². The third-order valence-electron chi connectivity index (χ3n) is 2.84. The van der Waals surface area contributed by atoms with Crippen molar-refractivity contribution in [1.82, 2.24) is 0 Å². The van der Waals surface area contributed by atoms with Crippen molar-refractivity contribution in [3.63, 3.8) is 0 Å². The molecular weight excluding hydrogens is 283 g/mol. The molecule has 0 bridgehead atoms. The first kappa shape index (κ1) is 13.9. The molecule has 104 valence electrons. The van der Waals surface area contributed by atoms with Crippen molar-refractivity contribution in [2.24, 2.45) is 5.92 Å². The van der Waals surface area contributed by atoms with Crippen LogP contribution in [0, 0.1) is 17.6 Å². The first-order valence-corrected chi connectivity index (χ1v) is 6.99. The van der Waals surface area contributed by atoms with Crippen LogP contribution >= 0.6 is 0 Å². The third-order valence-corrected chi connectivity index (χ3v) is 3.71. The highest BCUT2D eigenvalue weighted by Crippen LogP contribution is 2.28. The van der Waals surface area contributed by atoms with Crippen LogP contribution in [0.1, 0.15) is 6.42 Å². The van der Waals surface area contributed by atoms with E-state index in [-0.39, 0.29) is 18.7 Å². The van der Waals surface area contributed by atoms with Gasteiger partial charge in [0.1, 0.15) is 11.6 Å². The summed E-state index contributed by atoms with van der Waals surface area (Å²) in [5.41, 5.74) is -0.134. The van der Waals surface area contributed by atoms with Crippen molar-refractivity contribution in [2.45, 2.75) is 6.42 Å². The molecule has 8 heteroatoms. The molecule has 1 aromatic rings. The van der Waals surface area contributed by atoms with Crippen LogP contribution in [0.4, 0.5) is 18.4 Å². The van der Waals surface area contributed by atoms with Gasteiger partial charge in [-0.2, -0.15) is 8.42 Å². The summed E-state index contributed by atoms with van der Waals surface area (Å²) >= 11 is 0. The van der Waals surface area contributed by atoms with Crippen LogP contribution in [-0.4, -0.2) is 26.6 Å². The van der Waals surface area contributed by atoms with E-state index >= 15 is 0 Å². The molecule has 0 aromatic heterocycles. The Bertz CT molecular complexity index is 618. The quantitative estimate of drug-likeness (QED) is 0.796. The summed E-state index contributed by atoms with van der Waals surface area (Å²) in [6, 6.07) is 2.71. The summed E-state index contributed by atoms with van der Waals surface area (Å²) < 4.78 is 59.9. The van der Waals surface area contributed by atoms with E-state index in [2.05, 4.69) is 0 Å². The Labute approximate surface area is 108 Å². The maximum Gasteiger partial charge on any atom is 0.302 e. The van der Waals surface area contributed by atoms with Gasteiger partial charge in [-0.1, -0.05) is 0 Å². The molecule has 19 heavy (non-hydrogen) atoms. The summed E-state index contributed by atoms with van der Waals surface area (Å²) in [5, 5.41) is 0. The van der Waals surface area contributed by atoms with Gasteiger partial charge in [0.25, 0.3) is 0 Å². The Morgan fingerprint density at radius 1 is 1.32 bits per heavy atom. The summed E-state index contributed by atoms with van der Waals surface area (Å²) in [6.07, 6.45) is -0.181. The lowest BCUT2D eigenvalue weighted by atomic mass is 10.1. The van der Waals surface area contributed by atoms with Crippen molar-refractivity contribution >= 4 is 21.8 Å². The fraction of sp³-hybridized carbons (Fsp3) is 0.364. The van der Waals surface area contributed by atoms with Gasteiger partial charge in [0.2, 0.25) is 5.91 Å². The Balaban J connectivity index is 2.20. The monoisotopic (exact) mass is 293 g/mol. The van der Waals surface area contributed by atoms with E-state index in [9.17, 15) is 25.9 Å². The number of amides is 1. The van der Waals surface area contributed by atoms with E-state index < -0.39 is 39.4 Å². The molecule has 1 aliphatic rings. The van der Waals surface area contributed by atoms with Crippen LogP contribution in [0.2, 0.25) is 0 Å². The molecule has 2 rings (SSSR count). The fourth-order valence-electron chi connectivity index (χ4n) is 2.11. The average Bonchev–Trinajstić information content (AvgIpc) is 2.56. The van der Waals surface area contributed by atoms with Crippen LogP contribution < -0.4 is 4.90 Å². The number of rotatable bonds is 3. The maximum absolute atomic E-state index is 13.5. The van der Waals surface area contributed by atoms with Crippen LogP contribution in [0.25, 0.3) is 0 Å². The van der Waals surface area contributed by atoms with Gasteiger partial charge in [-0.05, 0) is 12.1 Å². The number of hydrogen-bond donors (Lipinski definition) is 0. The molecule has 4 nitrogen and oxygen atoms in total. The minimum absolute atomic E-state index is 0.107. The molecule has 1 heterocycles. The number of nitrogens with zero attached hydrogens (tertiary/aromatic N) is 1. The van der Waals surface area contributed by atoms with Gasteiger partial charge < -0.3 is 4.90 Å². The fourth-order valence-corrected chi connectivity index (χ4v) is 2.89. The van der Waals surface area contributed by atoms with Crippen LogP contribution in [0.3, 0.4) is 0 Å². The molecule has 1 aromatic carbocycles. The summed E-state index contributed by atoms with van der Waals surface area (Å²) in [7, 11) is -4.69. The lowest BCUT2D eigenvalue weighted by Gasteiger charge is -2.17. The Morgan fingerprint density at radius 3 is 2.58 bits per heavy atom. The highest BCUT2D eigenvalue weighted by atomic mass is 32.3. The lowest BCUT2D eigenvalue weighted by Crippen LogP contribution is -2.26. The smallest absolute Gasteiger partial charge is 0.302 e. The number of hydrogen-bond acceptors (Lipinski definition) is 3. The molecule has 0 saturated carbocycles. The van der Waals surface area contributed by atoms with Gasteiger partial charge in [-0.3, -0.25) is 4.79 Å². The zero-order valence-corrected chi connectivity index (χ0v) is 10.5. The largest absolute Gasteiger partial charge is 0.309 e. The molecule has 0 aliphatic carbocycles. The molecule has 1 unspecified atom stereocenters. The number of anilines is 1.